The van der Waals surface area contributed by atoms with Crippen molar-refractivity contribution in [1.82, 2.24) is 4.90 Å². The summed E-state index contributed by atoms with van der Waals surface area (Å²) in [7, 11) is 1.39. The van der Waals surface area contributed by atoms with E-state index >= 15 is 0 Å². The number of benzene rings is 2. The highest BCUT2D eigenvalue weighted by Crippen LogP contribution is 2.30. The summed E-state index contributed by atoms with van der Waals surface area (Å²) in [5, 5.41) is 9.85. The molecule has 1 N–H and O–H groups in total. The molecule has 0 bridgehead atoms. The molecule has 4 heteroatoms. The molecule has 1 atom stereocenters. The molecular weight excluding hydrogens is 290 g/mol. The van der Waals surface area contributed by atoms with E-state index in [0.717, 1.165) is 18.5 Å². The van der Waals surface area contributed by atoms with Gasteiger partial charge in [-0.2, -0.15) is 0 Å². The van der Waals surface area contributed by atoms with Gasteiger partial charge in [0, 0.05) is 13.1 Å². The molecule has 3 rings (SSSR count). The number of ether oxygens (including phenoxy) is 1. The fourth-order valence-electron chi connectivity index (χ4n) is 3.26. The number of methoxy groups -OCH3 is 1. The predicted molar refractivity (Wildman–Crippen MR) is 88.2 cm³/mol. The van der Waals surface area contributed by atoms with E-state index in [-0.39, 0.29) is 18.6 Å². The fourth-order valence-corrected chi connectivity index (χ4v) is 3.26. The van der Waals surface area contributed by atoms with E-state index in [2.05, 4.69) is 17.0 Å². The van der Waals surface area contributed by atoms with Crippen LogP contribution in [-0.2, 0) is 17.7 Å². The van der Waals surface area contributed by atoms with E-state index in [1.165, 1.54) is 18.2 Å². The Bertz CT molecular complexity index is 699. The van der Waals surface area contributed by atoms with Gasteiger partial charge in [0.1, 0.15) is 0 Å². The van der Waals surface area contributed by atoms with Gasteiger partial charge in [-0.15, -0.1) is 0 Å². The van der Waals surface area contributed by atoms with Gasteiger partial charge in [-0.1, -0.05) is 36.4 Å². The Kier molecular flexibility index (Phi) is 4.74. The molecular formula is C19H21NO3. The highest BCUT2D eigenvalue weighted by Gasteiger charge is 2.26. The monoisotopic (exact) mass is 311 g/mol. The second kappa shape index (κ2) is 6.94. The van der Waals surface area contributed by atoms with Crippen LogP contribution in [0, 0.1) is 0 Å². The molecule has 2 aromatic rings. The molecule has 4 nitrogen and oxygen atoms in total. The van der Waals surface area contributed by atoms with Crippen molar-refractivity contribution in [2.45, 2.75) is 19.0 Å². The molecule has 120 valence electrons. The van der Waals surface area contributed by atoms with Crippen molar-refractivity contribution in [3.05, 3.63) is 70.8 Å². The third kappa shape index (κ3) is 3.28. The number of carbonyl (C=O) groups is 1. The van der Waals surface area contributed by atoms with Crippen molar-refractivity contribution in [3.63, 3.8) is 0 Å². The molecule has 2 aromatic carbocycles. The molecule has 0 saturated heterocycles. The number of hydrogen-bond donors (Lipinski definition) is 1. The number of nitrogens with zero attached hydrogens (tertiary/aromatic N) is 1. The van der Waals surface area contributed by atoms with Gasteiger partial charge in [0.15, 0.2) is 0 Å². The number of rotatable bonds is 4. The van der Waals surface area contributed by atoms with Crippen LogP contribution in [0.1, 0.15) is 33.1 Å². The molecule has 0 radical (unpaired) electrons. The van der Waals surface area contributed by atoms with E-state index in [4.69, 9.17) is 4.74 Å². The quantitative estimate of drug-likeness (QED) is 0.882. The van der Waals surface area contributed by atoms with Crippen LogP contribution in [0.15, 0.2) is 48.5 Å². The van der Waals surface area contributed by atoms with Crippen LogP contribution in [0.2, 0.25) is 0 Å². The molecule has 1 unspecified atom stereocenters. The molecule has 0 fully saturated rings. The molecule has 1 aliphatic rings. The topological polar surface area (TPSA) is 49.8 Å². The van der Waals surface area contributed by atoms with Crippen LogP contribution in [0.5, 0.6) is 0 Å². The number of fused-ring (bicyclic) bond motifs is 1. The second-order valence-corrected chi connectivity index (χ2v) is 5.81. The molecule has 0 aromatic heterocycles. The molecule has 0 aliphatic carbocycles. The maximum atomic E-state index is 11.7. The minimum atomic E-state index is -0.324. The summed E-state index contributed by atoms with van der Waals surface area (Å²) in [6, 6.07) is 15.8. The third-order valence-corrected chi connectivity index (χ3v) is 4.43. The number of hydrogen-bond acceptors (Lipinski definition) is 4. The summed E-state index contributed by atoms with van der Waals surface area (Å²) in [4.78, 5) is 13.9. The summed E-state index contributed by atoms with van der Waals surface area (Å²) < 4.78 is 4.78. The second-order valence-electron chi connectivity index (χ2n) is 5.81. The molecule has 0 amide bonds. The Labute approximate surface area is 136 Å². The van der Waals surface area contributed by atoms with Crippen LogP contribution in [-0.4, -0.2) is 36.2 Å². The summed E-state index contributed by atoms with van der Waals surface area (Å²) in [5.41, 5.74) is 4.12. The average molecular weight is 311 g/mol. The molecule has 0 saturated carbocycles. The molecule has 1 aliphatic heterocycles. The Balaban J connectivity index is 1.82. The zero-order chi connectivity index (χ0) is 16.2. The Morgan fingerprint density at radius 1 is 1.26 bits per heavy atom. The predicted octanol–water partition coefficient (Wildman–Crippen LogP) is 2.56. The first-order valence-corrected chi connectivity index (χ1v) is 7.83. The van der Waals surface area contributed by atoms with Gasteiger partial charge >= 0.3 is 5.97 Å². The van der Waals surface area contributed by atoms with Gasteiger partial charge in [0.2, 0.25) is 0 Å². The van der Waals surface area contributed by atoms with E-state index in [1.54, 1.807) is 6.07 Å². The third-order valence-electron chi connectivity index (χ3n) is 4.43. The van der Waals surface area contributed by atoms with Crippen LogP contribution in [0.3, 0.4) is 0 Å². The standard InChI is InChI=1S/C19H21NO3/c1-23-19(22)16-7-4-5-14(11-16)12-20-10-9-15-6-2-3-8-17(15)18(20)13-21/h2-8,11,18,21H,9-10,12-13H2,1H3. The van der Waals surface area contributed by atoms with Crippen LogP contribution < -0.4 is 0 Å². The van der Waals surface area contributed by atoms with Crippen molar-refractivity contribution in [2.75, 3.05) is 20.3 Å². The Morgan fingerprint density at radius 3 is 2.87 bits per heavy atom. The molecule has 23 heavy (non-hydrogen) atoms. The lowest BCUT2D eigenvalue weighted by atomic mass is 9.92. The Hall–Kier alpha value is -2.17. The zero-order valence-corrected chi connectivity index (χ0v) is 13.2. The number of aliphatic hydroxyl groups excluding tert-OH is 1. The van der Waals surface area contributed by atoms with Crippen molar-refractivity contribution in [3.8, 4) is 0 Å². The van der Waals surface area contributed by atoms with E-state index in [9.17, 15) is 9.90 Å². The van der Waals surface area contributed by atoms with E-state index in [0.29, 0.717) is 12.1 Å². The zero-order valence-electron chi connectivity index (χ0n) is 13.2. The first kappa shape index (κ1) is 15.7. The minimum absolute atomic E-state index is 0.00160. The summed E-state index contributed by atoms with van der Waals surface area (Å²) >= 11 is 0. The van der Waals surface area contributed by atoms with Gasteiger partial charge in [-0.05, 0) is 35.2 Å². The molecule has 0 spiro atoms. The Morgan fingerprint density at radius 2 is 2.09 bits per heavy atom. The minimum Gasteiger partial charge on any atom is -0.465 e. The smallest absolute Gasteiger partial charge is 0.337 e. The lowest BCUT2D eigenvalue weighted by Gasteiger charge is -2.36. The maximum absolute atomic E-state index is 11.7. The average Bonchev–Trinajstić information content (AvgIpc) is 2.61. The normalized spacial score (nSPS) is 17.6. The highest BCUT2D eigenvalue weighted by molar-refractivity contribution is 5.89. The van der Waals surface area contributed by atoms with Gasteiger partial charge < -0.3 is 9.84 Å². The van der Waals surface area contributed by atoms with Crippen LogP contribution >= 0.6 is 0 Å². The van der Waals surface area contributed by atoms with Crippen LogP contribution in [0.25, 0.3) is 0 Å². The van der Waals surface area contributed by atoms with Crippen molar-refractivity contribution in [2.24, 2.45) is 0 Å². The largest absolute Gasteiger partial charge is 0.465 e. The van der Waals surface area contributed by atoms with Gasteiger partial charge in [0.05, 0.1) is 25.3 Å². The van der Waals surface area contributed by atoms with Crippen molar-refractivity contribution >= 4 is 5.97 Å². The fraction of sp³-hybridized carbons (Fsp3) is 0.316. The van der Waals surface area contributed by atoms with E-state index in [1.807, 2.05) is 30.3 Å². The van der Waals surface area contributed by atoms with Crippen molar-refractivity contribution in [1.29, 1.82) is 0 Å². The summed E-state index contributed by atoms with van der Waals surface area (Å²) in [5.74, 6) is -0.324. The van der Waals surface area contributed by atoms with E-state index < -0.39 is 0 Å². The maximum Gasteiger partial charge on any atom is 0.337 e. The number of aliphatic hydroxyl groups is 1. The highest BCUT2D eigenvalue weighted by atomic mass is 16.5. The summed E-state index contributed by atoms with van der Waals surface area (Å²) in [6.45, 7) is 1.68. The van der Waals surface area contributed by atoms with Crippen molar-refractivity contribution < 1.29 is 14.6 Å². The van der Waals surface area contributed by atoms with Crippen LogP contribution in [0.4, 0.5) is 0 Å². The molecule has 1 heterocycles. The van der Waals surface area contributed by atoms with Gasteiger partial charge in [0.25, 0.3) is 0 Å². The first-order chi connectivity index (χ1) is 11.2. The SMILES string of the molecule is COC(=O)c1cccc(CN2CCc3ccccc3C2CO)c1. The first-order valence-electron chi connectivity index (χ1n) is 7.83. The lowest BCUT2D eigenvalue weighted by Crippen LogP contribution is -2.36. The number of esters is 1. The number of carbonyl (C=O) groups excluding carboxylic acids is 1. The lowest BCUT2D eigenvalue weighted by molar-refractivity contribution is 0.0600. The van der Waals surface area contributed by atoms with Gasteiger partial charge in [-0.25, -0.2) is 4.79 Å². The van der Waals surface area contributed by atoms with Gasteiger partial charge in [-0.3, -0.25) is 4.90 Å². The summed E-state index contributed by atoms with van der Waals surface area (Å²) in [6.07, 6.45) is 0.976.